The Hall–Kier alpha value is -3.23. The van der Waals surface area contributed by atoms with Gasteiger partial charge in [-0.2, -0.15) is 0 Å². The smallest absolute Gasteiger partial charge is 0.286 e. The van der Waals surface area contributed by atoms with Gasteiger partial charge in [0.2, 0.25) is 11.8 Å². The number of carbonyl (C=O) groups excluding carboxylic acids is 3. The summed E-state index contributed by atoms with van der Waals surface area (Å²) in [6.07, 6.45) is 1.22. The molecule has 26 heavy (non-hydrogen) atoms. The number of likely N-dealkylation sites (N-methyl/N-ethyl adjacent to an activating group) is 1. The zero-order chi connectivity index (χ0) is 19.1. The van der Waals surface area contributed by atoms with Gasteiger partial charge in [-0.15, -0.1) is 0 Å². The minimum Gasteiger partial charge on any atom is -0.459 e. The molecule has 7 nitrogen and oxygen atoms in total. The van der Waals surface area contributed by atoms with Crippen molar-refractivity contribution in [3.8, 4) is 0 Å². The van der Waals surface area contributed by atoms with Crippen molar-refractivity contribution in [3.05, 3.63) is 59.6 Å². The molecule has 0 spiro atoms. The van der Waals surface area contributed by atoms with Gasteiger partial charge in [-0.1, -0.05) is 6.07 Å². The van der Waals surface area contributed by atoms with Gasteiger partial charge in [0.25, 0.3) is 5.91 Å². The van der Waals surface area contributed by atoms with Crippen LogP contribution in [0.15, 0.2) is 41.0 Å². The van der Waals surface area contributed by atoms with Gasteiger partial charge < -0.3 is 20.4 Å². The highest BCUT2D eigenvalue weighted by atomic mass is 19.2. The molecule has 9 heteroatoms. The van der Waals surface area contributed by atoms with Crippen LogP contribution in [0.2, 0.25) is 0 Å². The summed E-state index contributed by atoms with van der Waals surface area (Å²) >= 11 is 0. The summed E-state index contributed by atoms with van der Waals surface area (Å²) in [6.45, 7) is 0.00358. The van der Waals surface area contributed by atoms with E-state index in [-0.39, 0.29) is 24.3 Å². The van der Waals surface area contributed by atoms with Crippen LogP contribution in [0.5, 0.6) is 0 Å². The van der Waals surface area contributed by atoms with E-state index in [4.69, 9.17) is 4.42 Å². The van der Waals surface area contributed by atoms with E-state index in [1.165, 1.54) is 25.4 Å². The molecule has 0 aliphatic rings. The van der Waals surface area contributed by atoms with Crippen molar-refractivity contribution in [3.63, 3.8) is 0 Å². The number of furan rings is 1. The Morgan fingerprint density at radius 3 is 2.54 bits per heavy atom. The van der Waals surface area contributed by atoms with E-state index in [0.29, 0.717) is 0 Å². The maximum atomic E-state index is 13.4. The predicted molar refractivity (Wildman–Crippen MR) is 87.0 cm³/mol. The normalized spacial score (nSPS) is 11.5. The SMILES string of the molecule is CNC(=O)C(NC(=O)CCNC(=O)c1ccco1)c1ccc(F)c(F)c1. The molecule has 0 radical (unpaired) electrons. The van der Waals surface area contributed by atoms with Crippen LogP contribution in [0, 0.1) is 11.6 Å². The lowest BCUT2D eigenvalue weighted by molar-refractivity contribution is -0.128. The Kier molecular flexibility index (Phi) is 6.42. The molecule has 1 aromatic heterocycles. The Morgan fingerprint density at radius 2 is 1.92 bits per heavy atom. The highest BCUT2D eigenvalue weighted by Gasteiger charge is 2.23. The van der Waals surface area contributed by atoms with Crippen molar-refractivity contribution < 1.29 is 27.6 Å². The summed E-state index contributed by atoms with van der Waals surface area (Å²) in [5, 5.41) is 7.25. The molecule has 1 atom stereocenters. The van der Waals surface area contributed by atoms with Crippen molar-refractivity contribution in [2.24, 2.45) is 0 Å². The average Bonchev–Trinajstić information content (AvgIpc) is 3.16. The Morgan fingerprint density at radius 1 is 1.15 bits per heavy atom. The van der Waals surface area contributed by atoms with E-state index in [2.05, 4.69) is 16.0 Å². The molecule has 0 fully saturated rings. The number of rotatable bonds is 7. The minimum absolute atomic E-state index is 0.00358. The van der Waals surface area contributed by atoms with Crippen LogP contribution in [0.4, 0.5) is 8.78 Å². The Balaban J connectivity index is 1.95. The quantitative estimate of drug-likeness (QED) is 0.688. The molecule has 3 N–H and O–H groups in total. The molecule has 0 bridgehead atoms. The van der Waals surface area contributed by atoms with Crippen molar-refractivity contribution in [1.82, 2.24) is 16.0 Å². The number of benzene rings is 1. The summed E-state index contributed by atoms with van der Waals surface area (Å²) in [4.78, 5) is 35.7. The van der Waals surface area contributed by atoms with E-state index in [1.807, 2.05) is 0 Å². The topological polar surface area (TPSA) is 100 Å². The van der Waals surface area contributed by atoms with E-state index in [9.17, 15) is 23.2 Å². The fraction of sp³-hybridized carbons (Fsp3) is 0.235. The number of nitrogens with one attached hydrogen (secondary N) is 3. The molecule has 2 aromatic rings. The molecule has 1 heterocycles. The predicted octanol–water partition coefficient (Wildman–Crippen LogP) is 1.28. The van der Waals surface area contributed by atoms with Crippen LogP contribution in [-0.4, -0.2) is 31.3 Å². The van der Waals surface area contributed by atoms with Crippen molar-refractivity contribution in [2.45, 2.75) is 12.5 Å². The third kappa shape index (κ3) is 4.88. The third-order valence-electron chi connectivity index (χ3n) is 3.47. The summed E-state index contributed by atoms with van der Waals surface area (Å²) < 4.78 is 31.4. The largest absolute Gasteiger partial charge is 0.459 e. The van der Waals surface area contributed by atoms with Gasteiger partial charge in [-0.05, 0) is 29.8 Å². The Labute approximate surface area is 147 Å². The summed E-state index contributed by atoms with van der Waals surface area (Å²) in [7, 11) is 1.35. The van der Waals surface area contributed by atoms with E-state index in [1.54, 1.807) is 6.07 Å². The first kappa shape index (κ1) is 19.1. The maximum Gasteiger partial charge on any atom is 0.286 e. The molecule has 1 unspecified atom stereocenters. The van der Waals surface area contributed by atoms with E-state index < -0.39 is 35.4 Å². The van der Waals surface area contributed by atoms with Crippen LogP contribution in [0.1, 0.15) is 28.6 Å². The second-order valence-corrected chi connectivity index (χ2v) is 5.27. The van der Waals surface area contributed by atoms with Crippen molar-refractivity contribution >= 4 is 17.7 Å². The fourth-order valence-electron chi connectivity index (χ4n) is 2.15. The fourth-order valence-corrected chi connectivity index (χ4v) is 2.15. The number of carbonyl (C=O) groups is 3. The van der Waals surface area contributed by atoms with Crippen LogP contribution >= 0.6 is 0 Å². The molecule has 0 saturated carbocycles. The highest BCUT2D eigenvalue weighted by molar-refractivity contribution is 5.92. The monoisotopic (exact) mass is 365 g/mol. The van der Waals surface area contributed by atoms with Crippen molar-refractivity contribution in [1.29, 1.82) is 0 Å². The number of hydrogen-bond donors (Lipinski definition) is 3. The lowest BCUT2D eigenvalue weighted by atomic mass is 10.1. The number of halogens is 2. The van der Waals surface area contributed by atoms with Gasteiger partial charge in [0, 0.05) is 20.0 Å². The molecule has 0 saturated heterocycles. The minimum atomic E-state index is -1.19. The lowest BCUT2D eigenvalue weighted by Crippen LogP contribution is -2.40. The van der Waals surface area contributed by atoms with Gasteiger partial charge in [0.05, 0.1) is 6.26 Å². The summed E-state index contributed by atoms with van der Waals surface area (Å²) in [5.74, 6) is -3.71. The van der Waals surface area contributed by atoms with Gasteiger partial charge in [0.15, 0.2) is 17.4 Å². The van der Waals surface area contributed by atoms with Crippen LogP contribution in [0.25, 0.3) is 0 Å². The van der Waals surface area contributed by atoms with E-state index >= 15 is 0 Å². The molecule has 0 aliphatic heterocycles. The number of amides is 3. The second-order valence-electron chi connectivity index (χ2n) is 5.27. The van der Waals surface area contributed by atoms with Crippen LogP contribution < -0.4 is 16.0 Å². The van der Waals surface area contributed by atoms with Crippen molar-refractivity contribution in [2.75, 3.05) is 13.6 Å². The first-order valence-corrected chi connectivity index (χ1v) is 7.70. The second kappa shape index (κ2) is 8.75. The van der Waals surface area contributed by atoms with Gasteiger partial charge >= 0.3 is 0 Å². The molecule has 3 amide bonds. The molecule has 138 valence electrons. The van der Waals surface area contributed by atoms with Gasteiger partial charge in [-0.3, -0.25) is 14.4 Å². The highest BCUT2D eigenvalue weighted by Crippen LogP contribution is 2.17. The summed E-state index contributed by atoms with van der Waals surface area (Å²) in [6, 6.07) is 4.75. The maximum absolute atomic E-state index is 13.4. The first-order valence-electron chi connectivity index (χ1n) is 7.70. The molecule has 1 aromatic carbocycles. The molecular formula is C17H17F2N3O4. The van der Waals surface area contributed by atoms with E-state index in [0.717, 1.165) is 12.1 Å². The Bertz CT molecular complexity index is 793. The summed E-state index contributed by atoms with van der Waals surface area (Å²) in [5.41, 5.74) is 0.0937. The molecule has 0 aliphatic carbocycles. The number of hydrogen-bond acceptors (Lipinski definition) is 4. The van der Waals surface area contributed by atoms with Crippen LogP contribution in [-0.2, 0) is 9.59 Å². The van der Waals surface area contributed by atoms with Gasteiger partial charge in [-0.25, -0.2) is 8.78 Å². The lowest BCUT2D eigenvalue weighted by Gasteiger charge is -2.18. The third-order valence-corrected chi connectivity index (χ3v) is 3.47. The van der Waals surface area contributed by atoms with Crippen LogP contribution in [0.3, 0.4) is 0 Å². The molecule has 2 rings (SSSR count). The van der Waals surface area contributed by atoms with Gasteiger partial charge in [0.1, 0.15) is 6.04 Å². The standard InChI is InChI=1S/C17H17F2N3O4/c1-20-17(25)15(10-4-5-11(18)12(19)9-10)22-14(23)6-7-21-16(24)13-3-2-8-26-13/h2-5,8-9,15H,6-7H2,1H3,(H,20,25)(H,21,24)(H,22,23). The first-order chi connectivity index (χ1) is 12.4. The molecular weight excluding hydrogens is 348 g/mol. The zero-order valence-corrected chi connectivity index (χ0v) is 13.8. The zero-order valence-electron chi connectivity index (χ0n) is 13.8. The average molecular weight is 365 g/mol.